The van der Waals surface area contributed by atoms with Crippen molar-refractivity contribution >= 4 is 6.29 Å². The summed E-state index contributed by atoms with van der Waals surface area (Å²) in [5.41, 5.74) is 1.90. The van der Waals surface area contributed by atoms with Crippen LogP contribution in [0.4, 0.5) is 0 Å². The Bertz CT molecular complexity index is 394. The molecule has 0 saturated heterocycles. The third-order valence-electron chi connectivity index (χ3n) is 3.51. The van der Waals surface area contributed by atoms with Gasteiger partial charge in [0, 0.05) is 0 Å². The summed E-state index contributed by atoms with van der Waals surface area (Å²) in [6.45, 7) is 5.08. The highest BCUT2D eigenvalue weighted by Crippen LogP contribution is 2.31. The monoisotopic (exact) mass is 232 g/mol. The Morgan fingerprint density at radius 2 is 2.24 bits per heavy atom. The molecule has 2 heteroatoms. The molecule has 0 aliphatic heterocycles. The summed E-state index contributed by atoms with van der Waals surface area (Å²) in [4.78, 5) is 11.1. The zero-order chi connectivity index (χ0) is 12.3. The number of ether oxygens (including phenoxy) is 1. The Balaban J connectivity index is 2.11. The van der Waals surface area contributed by atoms with Crippen LogP contribution in [-0.4, -0.2) is 12.9 Å². The maximum Gasteiger partial charge on any atom is 0.153 e. The number of carbonyl (C=O) groups excluding carboxylic acids is 1. The quantitative estimate of drug-likeness (QED) is 0.697. The molecule has 1 fully saturated rings. The van der Waals surface area contributed by atoms with E-state index in [0.717, 1.165) is 25.1 Å². The molecule has 0 heterocycles. The van der Waals surface area contributed by atoms with Crippen LogP contribution in [0.2, 0.25) is 0 Å². The fourth-order valence-corrected chi connectivity index (χ4v) is 1.82. The standard InChI is InChI=1S/C15H20O2/c1-3-11(2)13-6-7-15(14(8-13)9-16)17-10-12-4-5-12/h6-9,11-12H,3-5,10H2,1-2H3/t11-/m1/s1. The molecule has 1 aliphatic rings. The van der Waals surface area contributed by atoms with Crippen LogP contribution in [0, 0.1) is 5.92 Å². The van der Waals surface area contributed by atoms with E-state index in [-0.39, 0.29) is 0 Å². The maximum absolute atomic E-state index is 11.1. The first-order valence-electron chi connectivity index (χ1n) is 6.46. The molecule has 0 amide bonds. The number of benzene rings is 1. The van der Waals surface area contributed by atoms with E-state index in [9.17, 15) is 4.79 Å². The lowest BCUT2D eigenvalue weighted by Crippen LogP contribution is -2.02. The molecule has 0 bridgehead atoms. The minimum absolute atomic E-state index is 0.492. The summed E-state index contributed by atoms with van der Waals surface area (Å²) in [6, 6.07) is 5.97. The van der Waals surface area contributed by atoms with E-state index in [1.807, 2.05) is 12.1 Å². The van der Waals surface area contributed by atoms with Crippen molar-refractivity contribution < 1.29 is 9.53 Å². The van der Waals surface area contributed by atoms with Gasteiger partial charge in [0.2, 0.25) is 0 Å². The SMILES string of the molecule is CC[C@@H](C)c1ccc(OCC2CC2)c(C=O)c1. The zero-order valence-electron chi connectivity index (χ0n) is 10.6. The minimum Gasteiger partial charge on any atom is -0.493 e. The highest BCUT2D eigenvalue weighted by atomic mass is 16.5. The molecular weight excluding hydrogens is 212 g/mol. The van der Waals surface area contributed by atoms with Gasteiger partial charge in [0.25, 0.3) is 0 Å². The lowest BCUT2D eigenvalue weighted by atomic mass is 9.97. The van der Waals surface area contributed by atoms with Crippen molar-refractivity contribution in [1.82, 2.24) is 0 Å². The summed E-state index contributed by atoms with van der Waals surface area (Å²) in [6.07, 6.45) is 4.51. The average Bonchev–Trinajstić information content (AvgIpc) is 3.19. The molecule has 1 aliphatic carbocycles. The molecule has 1 aromatic carbocycles. The van der Waals surface area contributed by atoms with E-state index in [0.29, 0.717) is 17.4 Å². The summed E-state index contributed by atoms with van der Waals surface area (Å²) in [5.74, 6) is 1.94. The number of hydrogen-bond acceptors (Lipinski definition) is 2. The van der Waals surface area contributed by atoms with E-state index >= 15 is 0 Å². The molecule has 17 heavy (non-hydrogen) atoms. The number of aldehydes is 1. The van der Waals surface area contributed by atoms with Crippen molar-refractivity contribution in [2.75, 3.05) is 6.61 Å². The fourth-order valence-electron chi connectivity index (χ4n) is 1.82. The normalized spacial score (nSPS) is 16.6. The van der Waals surface area contributed by atoms with Gasteiger partial charge in [-0.2, -0.15) is 0 Å². The molecule has 2 nitrogen and oxygen atoms in total. The molecule has 92 valence electrons. The van der Waals surface area contributed by atoms with E-state index in [4.69, 9.17) is 4.74 Å². The van der Waals surface area contributed by atoms with Crippen LogP contribution in [-0.2, 0) is 0 Å². The van der Waals surface area contributed by atoms with Gasteiger partial charge in [-0.15, -0.1) is 0 Å². The highest BCUT2D eigenvalue weighted by molar-refractivity contribution is 5.79. The molecule has 1 atom stereocenters. The van der Waals surface area contributed by atoms with Crippen LogP contribution in [0.3, 0.4) is 0 Å². The largest absolute Gasteiger partial charge is 0.493 e. The summed E-state index contributed by atoms with van der Waals surface area (Å²) < 4.78 is 5.69. The van der Waals surface area contributed by atoms with Crippen molar-refractivity contribution in [2.45, 2.75) is 39.0 Å². The molecular formula is C15H20O2. The third kappa shape index (κ3) is 3.09. The first kappa shape index (κ1) is 12.2. The van der Waals surface area contributed by atoms with Crippen LogP contribution in [0.25, 0.3) is 0 Å². The van der Waals surface area contributed by atoms with E-state index in [1.54, 1.807) is 0 Å². The Kier molecular flexibility index (Phi) is 3.82. The molecule has 0 spiro atoms. The van der Waals surface area contributed by atoms with E-state index < -0.39 is 0 Å². The minimum atomic E-state index is 0.492. The smallest absolute Gasteiger partial charge is 0.153 e. The molecule has 0 aromatic heterocycles. The second-order valence-corrected chi connectivity index (χ2v) is 4.98. The lowest BCUT2D eigenvalue weighted by molar-refractivity contribution is 0.111. The Hall–Kier alpha value is -1.31. The Morgan fingerprint density at radius 1 is 1.47 bits per heavy atom. The van der Waals surface area contributed by atoms with Gasteiger partial charge in [0.15, 0.2) is 6.29 Å². The first-order chi connectivity index (χ1) is 8.24. The van der Waals surface area contributed by atoms with Gasteiger partial charge < -0.3 is 4.74 Å². The van der Waals surface area contributed by atoms with Crippen molar-refractivity contribution in [1.29, 1.82) is 0 Å². The summed E-state index contributed by atoms with van der Waals surface area (Å²) in [5, 5.41) is 0. The highest BCUT2D eigenvalue weighted by Gasteiger charge is 2.22. The van der Waals surface area contributed by atoms with Crippen molar-refractivity contribution in [3.05, 3.63) is 29.3 Å². The molecule has 1 aromatic rings. The molecule has 0 unspecified atom stereocenters. The fraction of sp³-hybridized carbons (Fsp3) is 0.533. The van der Waals surface area contributed by atoms with Crippen LogP contribution < -0.4 is 4.74 Å². The molecule has 1 saturated carbocycles. The van der Waals surface area contributed by atoms with Crippen LogP contribution in [0.15, 0.2) is 18.2 Å². The second-order valence-electron chi connectivity index (χ2n) is 4.98. The maximum atomic E-state index is 11.1. The van der Waals surface area contributed by atoms with Gasteiger partial charge >= 0.3 is 0 Å². The number of rotatable bonds is 6. The predicted octanol–water partition coefficient (Wildman–Crippen LogP) is 3.80. The van der Waals surface area contributed by atoms with Crippen molar-refractivity contribution in [2.24, 2.45) is 5.92 Å². The lowest BCUT2D eigenvalue weighted by Gasteiger charge is -2.13. The van der Waals surface area contributed by atoms with Crippen LogP contribution >= 0.6 is 0 Å². The van der Waals surface area contributed by atoms with Gasteiger partial charge in [0.05, 0.1) is 12.2 Å². The number of carbonyl (C=O) groups is 1. The van der Waals surface area contributed by atoms with Gasteiger partial charge in [-0.05, 0) is 48.8 Å². The third-order valence-corrected chi connectivity index (χ3v) is 3.51. The van der Waals surface area contributed by atoms with Crippen LogP contribution in [0.5, 0.6) is 5.75 Å². The van der Waals surface area contributed by atoms with Gasteiger partial charge in [-0.3, -0.25) is 4.79 Å². The molecule has 2 rings (SSSR count). The van der Waals surface area contributed by atoms with Gasteiger partial charge in [-0.1, -0.05) is 19.9 Å². The van der Waals surface area contributed by atoms with E-state index in [1.165, 1.54) is 18.4 Å². The van der Waals surface area contributed by atoms with Crippen molar-refractivity contribution in [3.8, 4) is 5.75 Å². The van der Waals surface area contributed by atoms with Crippen molar-refractivity contribution in [3.63, 3.8) is 0 Å². The predicted molar refractivity (Wildman–Crippen MR) is 68.8 cm³/mol. The topological polar surface area (TPSA) is 26.3 Å². The Labute approximate surface area is 103 Å². The Morgan fingerprint density at radius 3 is 2.82 bits per heavy atom. The summed E-state index contributed by atoms with van der Waals surface area (Å²) >= 11 is 0. The molecule has 0 radical (unpaired) electrons. The first-order valence-corrected chi connectivity index (χ1v) is 6.46. The van der Waals surface area contributed by atoms with Gasteiger partial charge in [-0.25, -0.2) is 0 Å². The van der Waals surface area contributed by atoms with Crippen LogP contribution in [0.1, 0.15) is 54.9 Å². The molecule has 0 N–H and O–H groups in total. The summed E-state index contributed by atoms with van der Waals surface area (Å²) in [7, 11) is 0. The average molecular weight is 232 g/mol. The second kappa shape index (κ2) is 5.35. The number of hydrogen-bond donors (Lipinski definition) is 0. The van der Waals surface area contributed by atoms with E-state index in [2.05, 4.69) is 19.9 Å². The van der Waals surface area contributed by atoms with Gasteiger partial charge in [0.1, 0.15) is 5.75 Å². The zero-order valence-corrected chi connectivity index (χ0v) is 10.6.